The molecule has 0 saturated heterocycles. The molecule has 0 radical (unpaired) electrons. The summed E-state index contributed by atoms with van der Waals surface area (Å²) < 4.78 is 82.9. The molecule has 0 spiro atoms. The summed E-state index contributed by atoms with van der Waals surface area (Å²) in [6.45, 7) is 1.24. The summed E-state index contributed by atoms with van der Waals surface area (Å²) in [5.41, 5.74) is -0.491. The highest BCUT2D eigenvalue weighted by Gasteiger charge is 2.63. The van der Waals surface area contributed by atoms with Crippen molar-refractivity contribution >= 4 is 15.9 Å². The summed E-state index contributed by atoms with van der Waals surface area (Å²) in [5.74, 6) is -6.28. The minimum Gasteiger partial charge on any atom is -0.496 e. The fraction of sp³-hybridized carbons (Fsp3) is 0.500. The van der Waals surface area contributed by atoms with Crippen LogP contribution in [-0.4, -0.2) is 25.8 Å². The van der Waals surface area contributed by atoms with Crippen LogP contribution in [0.2, 0.25) is 0 Å². The number of ether oxygens (including phenoxy) is 1. The Bertz CT molecular complexity index is 505. The van der Waals surface area contributed by atoms with Crippen molar-refractivity contribution in [2.24, 2.45) is 0 Å². The molecule has 21 heavy (non-hydrogen) atoms. The lowest BCUT2D eigenvalue weighted by Gasteiger charge is -2.30. The van der Waals surface area contributed by atoms with Gasteiger partial charge in [0.05, 0.1) is 11.6 Å². The molecule has 120 valence electrons. The van der Waals surface area contributed by atoms with Crippen molar-refractivity contribution in [3.8, 4) is 5.75 Å². The van der Waals surface area contributed by atoms with Crippen molar-refractivity contribution < 1.29 is 31.1 Å². The van der Waals surface area contributed by atoms with Crippen LogP contribution < -0.4 is 10.1 Å². The number of nitrogens with one attached hydrogen (secondary N) is 1. The van der Waals surface area contributed by atoms with Crippen LogP contribution in [0.1, 0.15) is 18.5 Å². The van der Waals surface area contributed by atoms with Crippen LogP contribution in [0.5, 0.6) is 5.75 Å². The van der Waals surface area contributed by atoms with E-state index in [1.807, 2.05) is 0 Å². The molecule has 0 aliphatic carbocycles. The van der Waals surface area contributed by atoms with Crippen LogP contribution in [0.4, 0.5) is 26.3 Å². The average Bonchev–Trinajstić information content (AvgIpc) is 2.37. The number of benzene rings is 1. The first-order chi connectivity index (χ1) is 9.56. The topological polar surface area (TPSA) is 21.3 Å². The molecule has 1 rings (SSSR count). The third-order valence-electron chi connectivity index (χ3n) is 2.73. The summed E-state index contributed by atoms with van der Waals surface area (Å²) in [6.07, 6.45) is -5.76. The largest absolute Gasteiger partial charge is 0.496 e. The maximum absolute atomic E-state index is 13.7. The van der Waals surface area contributed by atoms with Gasteiger partial charge in [0.2, 0.25) is 0 Å². The second-order valence-corrected chi connectivity index (χ2v) is 4.97. The Morgan fingerprint density at radius 3 is 2.24 bits per heavy atom. The smallest absolute Gasteiger partial charge is 0.455 e. The van der Waals surface area contributed by atoms with Crippen LogP contribution in [0.15, 0.2) is 16.6 Å². The van der Waals surface area contributed by atoms with Gasteiger partial charge in [0.15, 0.2) is 0 Å². The summed E-state index contributed by atoms with van der Waals surface area (Å²) in [6, 6.07) is -0.800. The molecule has 0 aromatic heterocycles. The zero-order valence-electron chi connectivity index (χ0n) is 11.0. The Hall–Kier alpha value is -0.960. The van der Waals surface area contributed by atoms with Gasteiger partial charge in [0.1, 0.15) is 17.6 Å². The maximum atomic E-state index is 13.7. The van der Waals surface area contributed by atoms with Gasteiger partial charge < -0.3 is 10.1 Å². The molecule has 1 aromatic rings. The first-order valence-electron chi connectivity index (χ1n) is 5.77. The molecular formula is C12H12BrF6NO. The molecule has 0 aliphatic heterocycles. The highest BCUT2D eigenvalue weighted by Crippen LogP contribution is 2.47. The molecule has 1 atom stereocenters. The fourth-order valence-corrected chi connectivity index (χ4v) is 2.11. The molecule has 0 amide bonds. The van der Waals surface area contributed by atoms with Gasteiger partial charge >= 0.3 is 12.1 Å². The predicted molar refractivity (Wildman–Crippen MR) is 68.1 cm³/mol. The molecule has 1 N–H and O–H groups in total. The maximum Gasteiger partial charge on any atom is 0.455 e. The van der Waals surface area contributed by atoms with Gasteiger partial charge in [0.25, 0.3) is 0 Å². The molecule has 0 saturated carbocycles. The minimum absolute atomic E-state index is 0.144. The van der Waals surface area contributed by atoms with Gasteiger partial charge in [-0.3, -0.25) is 0 Å². The molecule has 0 aliphatic rings. The van der Waals surface area contributed by atoms with Crippen molar-refractivity contribution in [1.29, 1.82) is 0 Å². The Labute approximate surface area is 125 Å². The molecule has 9 heteroatoms. The average molecular weight is 380 g/mol. The zero-order valence-corrected chi connectivity index (χ0v) is 12.6. The van der Waals surface area contributed by atoms with Crippen LogP contribution in [0, 0.1) is 5.82 Å². The third-order valence-corrected chi connectivity index (χ3v) is 3.34. The van der Waals surface area contributed by atoms with Crippen molar-refractivity contribution in [3.05, 3.63) is 28.0 Å². The molecule has 1 aromatic carbocycles. The first-order valence-corrected chi connectivity index (χ1v) is 6.56. The van der Waals surface area contributed by atoms with Crippen LogP contribution >= 0.6 is 15.9 Å². The Morgan fingerprint density at radius 1 is 1.24 bits per heavy atom. The quantitative estimate of drug-likeness (QED) is 0.763. The molecule has 0 bridgehead atoms. The molecule has 2 nitrogen and oxygen atoms in total. The Balaban J connectivity index is 3.46. The lowest BCUT2D eigenvalue weighted by molar-refractivity contribution is -0.294. The SMILES string of the molecule is CCNC(c1cc(Br)c(F)cc1OC)C(F)(F)C(F)(F)F. The first kappa shape index (κ1) is 18.1. The van der Waals surface area contributed by atoms with Gasteiger partial charge in [-0.2, -0.15) is 22.0 Å². The van der Waals surface area contributed by atoms with Gasteiger partial charge in [-0.25, -0.2) is 4.39 Å². The molecule has 0 heterocycles. The Kier molecular flexibility index (Phi) is 5.54. The number of halogens is 7. The van der Waals surface area contributed by atoms with E-state index in [4.69, 9.17) is 4.74 Å². The summed E-state index contributed by atoms with van der Waals surface area (Å²) in [7, 11) is 1.06. The normalized spacial score (nSPS) is 14.1. The fourth-order valence-electron chi connectivity index (χ4n) is 1.75. The third kappa shape index (κ3) is 3.63. The summed E-state index contributed by atoms with van der Waals surface area (Å²) in [4.78, 5) is 0. The number of alkyl halides is 5. The highest BCUT2D eigenvalue weighted by molar-refractivity contribution is 9.10. The van der Waals surface area contributed by atoms with E-state index < -0.39 is 35.3 Å². The second-order valence-electron chi connectivity index (χ2n) is 4.12. The lowest BCUT2D eigenvalue weighted by Crippen LogP contribution is -2.48. The second kappa shape index (κ2) is 6.43. The van der Waals surface area contributed by atoms with E-state index >= 15 is 0 Å². The number of methoxy groups -OCH3 is 1. The van der Waals surface area contributed by atoms with Gasteiger partial charge in [-0.05, 0) is 28.5 Å². The Morgan fingerprint density at radius 2 is 1.81 bits per heavy atom. The highest BCUT2D eigenvalue weighted by atomic mass is 79.9. The number of hydrogen-bond donors (Lipinski definition) is 1. The van der Waals surface area contributed by atoms with Gasteiger partial charge in [0, 0.05) is 11.6 Å². The standard InChI is InChI=1S/C12H12BrF6NO/c1-3-20-10(11(15,16)12(17,18)19)6-4-7(13)8(14)5-9(6)21-2/h4-5,10,20H,3H2,1-2H3. The molecule has 0 fully saturated rings. The lowest BCUT2D eigenvalue weighted by atomic mass is 9.98. The van der Waals surface area contributed by atoms with Crippen molar-refractivity contribution in [3.63, 3.8) is 0 Å². The van der Waals surface area contributed by atoms with Gasteiger partial charge in [-0.1, -0.05) is 6.92 Å². The number of rotatable bonds is 5. The van der Waals surface area contributed by atoms with Crippen molar-refractivity contribution in [2.75, 3.05) is 13.7 Å². The predicted octanol–water partition coefficient (Wildman–Crippen LogP) is 4.45. The number of hydrogen-bond acceptors (Lipinski definition) is 2. The molecule has 1 unspecified atom stereocenters. The van der Waals surface area contributed by atoms with Crippen LogP contribution in [0.25, 0.3) is 0 Å². The monoisotopic (exact) mass is 379 g/mol. The van der Waals surface area contributed by atoms with Crippen molar-refractivity contribution in [1.82, 2.24) is 5.32 Å². The van der Waals surface area contributed by atoms with E-state index in [1.165, 1.54) is 6.92 Å². The molecular weight excluding hydrogens is 368 g/mol. The summed E-state index contributed by atoms with van der Waals surface area (Å²) in [5, 5.41) is 2.07. The minimum atomic E-state index is -5.76. The van der Waals surface area contributed by atoms with Crippen LogP contribution in [-0.2, 0) is 0 Å². The van der Waals surface area contributed by atoms with E-state index in [2.05, 4.69) is 21.2 Å². The van der Waals surface area contributed by atoms with E-state index in [0.717, 1.165) is 19.2 Å². The van der Waals surface area contributed by atoms with Crippen LogP contribution in [0.3, 0.4) is 0 Å². The zero-order chi connectivity index (χ0) is 16.4. The van der Waals surface area contributed by atoms with Crippen molar-refractivity contribution in [2.45, 2.75) is 25.1 Å². The van der Waals surface area contributed by atoms with Gasteiger partial charge in [-0.15, -0.1) is 0 Å². The van der Waals surface area contributed by atoms with E-state index in [9.17, 15) is 26.3 Å². The van der Waals surface area contributed by atoms with E-state index in [-0.39, 0.29) is 11.0 Å². The van der Waals surface area contributed by atoms with E-state index in [1.54, 1.807) is 0 Å². The summed E-state index contributed by atoms with van der Waals surface area (Å²) >= 11 is 2.76. The van der Waals surface area contributed by atoms with E-state index in [0.29, 0.717) is 0 Å².